The summed E-state index contributed by atoms with van der Waals surface area (Å²) in [6.07, 6.45) is 17.2. The van der Waals surface area contributed by atoms with Gasteiger partial charge in [0.05, 0.1) is 53.4 Å². The Balaban J connectivity index is 0.000000319. The number of halogens is 2. The van der Waals surface area contributed by atoms with E-state index in [0.717, 1.165) is 168 Å². The average molecular weight is 1830 g/mol. The Kier molecular flexibility index (Phi) is 38.9. The van der Waals surface area contributed by atoms with E-state index in [1.54, 1.807) is 57.9 Å². The fraction of sp³-hybridized carbons (Fsp3) is 0.350. The average Bonchev–Trinajstić information content (AvgIpc) is 1.71. The van der Waals surface area contributed by atoms with Crippen LogP contribution in [0.2, 0.25) is 0 Å². The van der Waals surface area contributed by atoms with Gasteiger partial charge in [0.2, 0.25) is 20.0 Å². The summed E-state index contributed by atoms with van der Waals surface area (Å²) >= 11 is 12.5. The third-order valence-corrected chi connectivity index (χ3v) is 27.9. The number of nitrogens with two attached hydrogens (primary N) is 2. The lowest BCUT2D eigenvalue weighted by Crippen LogP contribution is -2.43. The van der Waals surface area contributed by atoms with Crippen molar-refractivity contribution in [2.75, 3.05) is 88.5 Å². The Labute approximate surface area is 772 Å². The number of amides is 1. The summed E-state index contributed by atoms with van der Waals surface area (Å²) in [5.74, 6) is 2.65. The normalized spacial score (nSPS) is 12.1. The predicted molar refractivity (Wildman–Crippen MR) is 527 cm³/mol. The van der Waals surface area contributed by atoms with Gasteiger partial charge in [0.15, 0.2) is 0 Å². The molecular weight excluding hydrogens is 1700 g/mol. The molecule has 24 heteroatoms. The second-order valence-corrected chi connectivity index (χ2v) is 39.6. The maximum atomic E-state index is 14.5. The maximum absolute atomic E-state index is 14.5. The van der Waals surface area contributed by atoms with Crippen LogP contribution in [0.5, 0.6) is 0 Å². The summed E-state index contributed by atoms with van der Waals surface area (Å²) in [6, 6.07) is 94.2. The molecule has 0 aliphatic carbocycles. The zero-order valence-corrected chi connectivity index (χ0v) is 78.5. The number of nitrogens with one attached hydrogen (secondary N) is 1. The third kappa shape index (κ3) is 29.7. The van der Waals surface area contributed by atoms with Crippen molar-refractivity contribution < 1.29 is 35.1 Å². The van der Waals surface area contributed by atoms with E-state index in [4.69, 9.17) is 25.2 Å². The molecule has 12 aromatic rings. The van der Waals surface area contributed by atoms with Crippen LogP contribution in [0.15, 0.2) is 301 Å². The lowest BCUT2D eigenvalue weighted by atomic mass is 9.84. The molecule has 16 nitrogen and oxygen atoms in total. The molecule has 2 heterocycles. The Hall–Kier alpha value is -9.15. The van der Waals surface area contributed by atoms with Crippen LogP contribution in [0.4, 0.5) is 13.6 Å². The molecular formula is C103H124F2N10O6S6. The van der Waals surface area contributed by atoms with Crippen molar-refractivity contribution in [3.63, 3.8) is 0 Å². The van der Waals surface area contributed by atoms with Gasteiger partial charge in [-0.2, -0.15) is 35.5 Å². The standard InChI is InChI=1S/C73H80FN5O4S3.C30H44FN5O2S3/c1-71(2,3)83-70(80)78(54-56-85-73(62-35-21-12-22-36-62,63-37-23-13-24-38-63)64-39-25-14-26-40-64)52-51-77(53-55-84-72(59-29-15-9-16-30-59,60-31-17-10-18-32-60)61-33-19-11-20-34-61)50-28-8-6-4-5-7-27-41-66-57-69(58-42-44-65(74)45-43-58)79(76-66)67-46-48-68(49-47-67)86(75,81)82;31-26-11-9-25(10-12-26)30-24-27(34-36(30)28-13-15-29(16-14-28)41(32,37)38)8-6-4-2-1-3-5-7-19-35(21-23-40)20-17-33-18-22-39/h9-26,29-40,42-49,57H,4-8,27-28,41,50-56H2,1-3H3,(H2,75,81,82);9-16,24,33,39-40H,1-8,17-23H2,(H2,32,37,38). The van der Waals surface area contributed by atoms with E-state index in [1.807, 2.05) is 61.3 Å². The summed E-state index contributed by atoms with van der Waals surface area (Å²) < 4.78 is 83.6. The molecule has 0 atom stereocenters. The van der Waals surface area contributed by atoms with Crippen LogP contribution < -0.4 is 15.6 Å². The van der Waals surface area contributed by atoms with Crippen LogP contribution in [0.3, 0.4) is 0 Å². The van der Waals surface area contributed by atoms with Crippen LogP contribution >= 0.6 is 48.8 Å². The van der Waals surface area contributed by atoms with Gasteiger partial charge >= 0.3 is 6.09 Å². The number of ether oxygens (including phenoxy) is 1. The van der Waals surface area contributed by atoms with Crippen molar-refractivity contribution in [2.24, 2.45) is 10.3 Å². The van der Waals surface area contributed by atoms with Crippen LogP contribution in [-0.4, -0.2) is 151 Å². The van der Waals surface area contributed by atoms with Crippen molar-refractivity contribution in [2.45, 2.75) is 148 Å². The number of primary sulfonamides is 2. The summed E-state index contributed by atoms with van der Waals surface area (Å²) in [5.41, 5.74) is 13.1. The number of aryl methyl sites for hydroxylation is 2. The second-order valence-electron chi connectivity index (χ2n) is 33.0. The van der Waals surface area contributed by atoms with Gasteiger partial charge < -0.3 is 24.8 Å². The van der Waals surface area contributed by atoms with E-state index in [-0.39, 0.29) is 27.5 Å². The molecule has 0 unspecified atom stereocenters. The molecule has 1 amide bonds. The fourth-order valence-corrected chi connectivity index (χ4v) is 20.6. The van der Waals surface area contributed by atoms with Crippen molar-refractivity contribution in [3.8, 4) is 33.9 Å². The number of unbranched alkanes of at least 4 members (excludes halogenated alkanes) is 12. The molecule has 0 spiro atoms. The van der Waals surface area contributed by atoms with Gasteiger partial charge in [-0.1, -0.05) is 246 Å². The van der Waals surface area contributed by atoms with Crippen LogP contribution in [0, 0.1) is 11.6 Å². The molecule has 0 bridgehead atoms. The summed E-state index contributed by atoms with van der Waals surface area (Å²) in [4.78, 5) is 21.5. The highest BCUT2D eigenvalue weighted by Crippen LogP contribution is 2.50. The largest absolute Gasteiger partial charge is 0.444 e. The fourth-order valence-electron chi connectivity index (χ4n) is 16.1. The van der Waals surface area contributed by atoms with E-state index in [1.165, 1.54) is 114 Å². The minimum atomic E-state index is -3.85. The van der Waals surface area contributed by atoms with Crippen LogP contribution in [0.1, 0.15) is 155 Å². The first-order valence-corrected chi connectivity index (χ1v) is 50.8. The first-order chi connectivity index (χ1) is 61.5. The number of nitrogens with zero attached hydrogens (tertiary/aromatic N) is 7. The number of rotatable bonds is 50. The van der Waals surface area contributed by atoms with E-state index in [9.17, 15) is 30.4 Å². The number of thioether (sulfide) groups is 2. The van der Waals surface area contributed by atoms with Gasteiger partial charge in [-0.15, -0.1) is 23.5 Å². The quantitative estimate of drug-likeness (QED) is 0.0137. The van der Waals surface area contributed by atoms with E-state index in [2.05, 4.69) is 222 Å². The molecule has 0 radical (unpaired) electrons. The topological polar surface area (TPSA) is 204 Å². The van der Waals surface area contributed by atoms with Gasteiger partial charge in [-0.3, -0.25) is 0 Å². The zero-order chi connectivity index (χ0) is 89.8. The number of carbonyl (C=O) groups is 1. The number of aromatic nitrogens is 4. The molecule has 2 aromatic heterocycles. The summed E-state index contributed by atoms with van der Waals surface area (Å²) in [7, 11) is -7.64. The second kappa shape index (κ2) is 50.1. The Morgan fingerprint density at radius 2 is 0.724 bits per heavy atom. The van der Waals surface area contributed by atoms with Gasteiger partial charge in [0.25, 0.3) is 0 Å². The molecule has 0 fully saturated rings. The molecule has 5 N–H and O–H groups in total. The number of sulfonamides is 2. The van der Waals surface area contributed by atoms with Crippen molar-refractivity contribution in [1.82, 2.24) is 39.6 Å². The lowest BCUT2D eigenvalue weighted by molar-refractivity contribution is 0.0245. The van der Waals surface area contributed by atoms with Crippen LogP contribution in [0.25, 0.3) is 33.9 Å². The monoisotopic (exact) mass is 1830 g/mol. The van der Waals surface area contributed by atoms with Crippen molar-refractivity contribution >= 4 is 74.9 Å². The Morgan fingerprint density at radius 3 is 1.06 bits per heavy atom. The van der Waals surface area contributed by atoms with Gasteiger partial charge in [0, 0.05) is 86.5 Å². The number of hydrogen-bond acceptors (Lipinski definition) is 15. The Bertz CT molecular complexity index is 5270. The molecule has 0 aliphatic heterocycles. The summed E-state index contributed by atoms with van der Waals surface area (Å²) in [5, 5.41) is 23.8. The van der Waals surface area contributed by atoms with E-state index in [0.29, 0.717) is 36.8 Å². The van der Waals surface area contributed by atoms with Gasteiger partial charge in [-0.25, -0.2) is 50.1 Å². The molecule has 0 aliphatic rings. The molecule has 672 valence electrons. The maximum Gasteiger partial charge on any atom is 0.410 e. The van der Waals surface area contributed by atoms with Gasteiger partial charge in [0.1, 0.15) is 17.2 Å². The molecule has 127 heavy (non-hydrogen) atoms. The first kappa shape index (κ1) is 98.4. The molecule has 12 rings (SSSR count). The minimum absolute atomic E-state index is 0.0229. The smallest absolute Gasteiger partial charge is 0.410 e. The predicted octanol–water partition coefficient (Wildman–Crippen LogP) is 21.9. The molecule has 10 aromatic carbocycles. The molecule has 0 saturated carbocycles. The zero-order valence-electron chi connectivity index (χ0n) is 73.4. The third-order valence-electron chi connectivity index (χ3n) is 22.6. The summed E-state index contributed by atoms with van der Waals surface area (Å²) in [6.45, 7) is 14.5. The number of hydrogen-bond donors (Lipinski definition) is 5. The highest BCUT2D eigenvalue weighted by atomic mass is 32.2. The highest BCUT2D eigenvalue weighted by Gasteiger charge is 2.39. The minimum Gasteiger partial charge on any atom is -0.444 e. The van der Waals surface area contributed by atoms with Crippen molar-refractivity contribution in [1.29, 1.82) is 0 Å². The number of benzene rings is 10. The lowest BCUT2D eigenvalue weighted by Gasteiger charge is -2.37. The van der Waals surface area contributed by atoms with E-state index < -0.39 is 35.1 Å². The van der Waals surface area contributed by atoms with Gasteiger partial charge in [-0.05, 0) is 215 Å². The SMILES string of the molecule is CC(C)(C)OC(=O)N(CCSC(c1ccccc1)(c1ccccc1)c1ccccc1)CCN(CCCCCCCCCc1cc(-c2ccc(F)cc2)n(-c2ccc(S(N)(=O)=O)cc2)n1)CCSC(c1ccccc1)(c1ccccc1)c1ccccc1.NS(=O)(=O)c1ccc(-n2nc(CCCCCCCCCN(CCS)CCNCCS)cc2-c2ccc(F)cc2)cc1. The highest BCUT2D eigenvalue weighted by molar-refractivity contribution is 8.01. The first-order valence-electron chi connectivity index (χ1n) is 44.5. The Morgan fingerprint density at radius 1 is 0.394 bits per heavy atom. The van der Waals surface area contributed by atoms with Crippen LogP contribution in [-0.2, 0) is 47.1 Å². The van der Waals surface area contributed by atoms with E-state index >= 15 is 0 Å². The number of thiol groups is 2. The number of carbonyl (C=O) groups excluding carboxylic acids is 1. The molecule has 0 saturated heterocycles. The van der Waals surface area contributed by atoms with Crippen molar-refractivity contribution in [3.05, 3.63) is 348 Å².